The van der Waals surface area contributed by atoms with Gasteiger partial charge in [0, 0.05) is 0 Å². The molecule has 0 radical (unpaired) electrons. The molecule has 13 heavy (non-hydrogen) atoms. The molecule has 0 spiro atoms. The second-order valence-corrected chi connectivity index (χ2v) is 5.05. The molecule has 1 aliphatic carbocycles. The van der Waals surface area contributed by atoms with Gasteiger partial charge in [0.1, 0.15) is 0 Å². The van der Waals surface area contributed by atoms with Crippen molar-refractivity contribution < 1.29 is 0 Å². The molecule has 0 amide bonds. The van der Waals surface area contributed by atoms with E-state index in [1.807, 2.05) is 0 Å². The molecule has 0 heterocycles. The highest BCUT2D eigenvalue weighted by atomic mass is 14.4. The molecule has 0 saturated carbocycles. The molecule has 0 heteroatoms. The van der Waals surface area contributed by atoms with Crippen LogP contribution < -0.4 is 0 Å². The van der Waals surface area contributed by atoms with E-state index in [0.717, 1.165) is 0 Å². The van der Waals surface area contributed by atoms with Crippen LogP contribution in [0.2, 0.25) is 0 Å². The van der Waals surface area contributed by atoms with Crippen molar-refractivity contribution in [1.29, 1.82) is 0 Å². The third kappa shape index (κ3) is 1.04. The van der Waals surface area contributed by atoms with Gasteiger partial charge in [0.05, 0.1) is 0 Å². The summed E-state index contributed by atoms with van der Waals surface area (Å²) in [6.45, 7) is 11.4. The van der Waals surface area contributed by atoms with E-state index in [1.165, 1.54) is 23.1 Å². The van der Waals surface area contributed by atoms with Crippen molar-refractivity contribution in [3.63, 3.8) is 0 Å². The first-order valence-corrected chi connectivity index (χ1v) is 5.03. The molecule has 0 aliphatic heterocycles. The Morgan fingerprint density at radius 1 is 1.08 bits per heavy atom. The number of fused-ring (bicyclic) bond motifs is 1. The summed E-state index contributed by atoms with van der Waals surface area (Å²) in [4.78, 5) is 0. The van der Waals surface area contributed by atoms with Gasteiger partial charge in [-0.2, -0.15) is 0 Å². The fraction of sp³-hybridized carbons (Fsp3) is 0.538. The summed E-state index contributed by atoms with van der Waals surface area (Å²) in [7, 11) is 0. The Hall–Kier alpha value is -0.780. The quantitative estimate of drug-likeness (QED) is 0.565. The Kier molecular flexibility index (Phi) is 1.61. The van der Waals surface area contributed by atoms with E-state index >= 15 is 0 Å². The average Bonchev–Trinajstić information content (AvgIpc) is 1.96. The molecule has 0 saturated heterocycles. The highest BCUT2D eigenvalue weighted by Gasteiger charge is 2.36. The maximum atomic E-state index is 2.34. The fourth-order valence-corrected chi connectivity index (χ4v) is 2.76. The molecule has 0 aromatic heterocycles. The molecule has 0 N–H and O–H groups in total. The number of aryl methyl sites for hydroxylation is 2. The van der Waals surface area contributed by atoms with Crippen molar-refractivity contribution in [3.05, 3.63) is 33.9 Å². The van der Waals surface area contributed by atoms with Crippen molar-refractivity contribution >= 4 is 0 Å². The van der Waals surface area contributed by atoms with Crippen molar-refractivity contribution in [2.24, 2.45) is 0 Å². The van der Waals surface area contributed by atoms with E-state index in [1.54, 1.807) is 11.1 Å². The Morgan fingerprint density at radius 2 is 1.69 bits per heavy atom. The summed E-state index contributed by atoms with van der Waals surface area (Å²) in [5.41, 5.74) is 8.09. The molecule has 0 unspecified atom stereocenters. The molecular formula is C13H18. The lowest BCUT2D eigenvalue weighted by Crippen LogP contribution is -2.34. The lowest BCUT2D eigenvalue weighted by molar-refractivity contribution is 0.449. The zero-order chi connectivity index (χ0) is 9.80. The van der Waals surface area contributed by atoms with Crippen LogP contribution in [0.15, 0.2) is 6.07 Å². The fourth-order valence-electron chi connectivity index (χ4n) is 2.76. The maximum absolute atomic E-state index is 2.34. The maximum Gasteiger partial charge on any atom is -0.00576 e. The monoisotopic (exact) mass is 174 g/mol. The number of rotatable bonds is 0. The zero-order valence-corrected chi connectivity index (χ0v) is 9.28. The molecule has 2 rings (SSSR count). The Labute approximate surface area is 81.0 Å². The molecule has 0 bridgehead atoms. The van der Waals surface area contributed by atoms with Crippen LogP contribution in [0.25, 0.3) is 0 Å². The predicted octanol–water partition coefficient (Wildman–Crippen LogP) is 3.45. The topological polar surface area (TPSA) is 0 Å². The smallest absolute Gasteiger partial charge is 0.00576 e. The Morgan fingerprint density at radius 3 is 2.23 bits per heavy atom. The SMILES string of the molecule is Cc1cc(C)c2c(c1C)CC2(C)C. The largest absolute Gasteiger partial charge is 0.0558 e. The van der Waals surface area contributed by atoms with E-state index in [4.69, 9.17) is 0 Å². The van der Waals surface area contributed by atoms with Crippen LogP contribution in [0.5, 0.6) is 0 Å². The molecule has 0 nitrogen and oxygen atoms in total. The second kappa shape index (κ2) is 2.37. The van der Waals surface area contributed by atoms with E-state index in [-0.39, 0.29) is 0 Å². The van der Waals surface area contributed by atoms with Crippen LogP contribution in [0, 0.1) is 20.8 Å². The van der Waals surface area contributed by atoms with Crippen molar-refractivity contribution in [3.8, 4) is 0 Å². The molecule has 0 fully saturated rings. The van der Waals surface area contributed by atoms with E-state index in [9.17, 15) is 0 Å². The van der Waals surface area contributed by atoms with E-state index < -0.39 is 0 Å². The summed E-state index contributed by atoms with van der Waals surface area (Å²) < 4.78 is 0. The summed E-state index contributed by atoms with van der Waals surface area (Å²) in [6, 6.07) is 2.33. The highest BCUT2D eigenvalue weighted by Crippen LogP contribution is 2.44. The molecule has 1 aliphatic rings. The first-order valence-electron chi connectivity index (χ1n) is 5.03. The third-order valence-corrected chi connectivity index (χ3v) is 3.47. The molecule has 70 valence electrons. The van der Waals surface area contributed by atoms with Crippen molar-refractivity contribution in [2.45, 2.75) is 46.5 Å². The third-order valence-electron chi connectivity index (χ3n) is 3.47. The van der Waals surface area contributed by atoms with Crippen molar-refractivity contribution in [2.75, 3.05) is 0 Å². The zero-order valence-electron chi connectivity index (χ0n) is 9.28. The minimum absolute atomic E-state index is 0.428. The number of hydrogen-bond donors (Lipinski definition) is 0. The molecule has 1 aromatic carbocycles. The van der Waals surface area contributed by atoms with Crippen LogP contribution in [0.1, 0.15) is 41.7 Å². The normalized spacial score (nSPS) is 17.9. The van der Waals surface area contributed by atoms with Gasteiger partial charge < -0.3 is 0 Å². The van der Waals surface area contributed by atoms with Gasteiger partial charge in [-0.05, 0) is 60.4 Å². The van der Waals surface area contributed by atoms with Gasteiger partial charge >= 0.3 is 0 Å². The van der Waals surface area contributed by atoms with Gasteiger partial charge in [-0.3, -0.25) is 0 Å². The summed E-state index contributed by atoms with van der Waals surface area (Å²) in [5, 5.41) is 0. The standard InChI is InChI=1S/C13H18/c1-8-6-9(2)12-11(10(8)3)7-13(12,4)5/h6H,7H2,1-5H3. The Bertz CT molecular complexity index is 370. The van der Waals surface area contributed by atoms with Gasteiger partial charge in [-0.15, -0.1) is 0 Å². The van der Waals surface area contributed by atoms with Gasteiger partial charge in [-0.1, -0.05) is 19.9 Å². The summed E-state index contributed by atoms with van der Waals surface area (Å²) in [5.74, 6) is 0. The second-order valence-electron chi connectivity index (χ2n) is 5.05. The first kappa shape index (κ1) is 8.80. The molecule has 1 aromatic rings. The summed E-state index contributed by atoms with van der Waals surface area (Å²) >= 11 is 0. The van der Waals surface area contributed by atoms with Gasteiger partial charge in [0.15, 0.2) is 0 Å². The Balaban J connectivity index is 2.69. The average molecular weight is 174 g/mol. The van der Waals surface area contributed by atoms with Crippen LogP contribution in [0.4, 0.5) is 0 Å². The lowest BCUT2D eigenvalue weighted by atomic mass is 9.63. The summed E-state index contributed by atoms with van der Waals surface area (Å²) in [6.07, 6.45) is 1.26. The van der Waals surface area contributed by atoms with Crippen molar-refractivity contribution in [1.82, 2.24) is 0 Å². The van der Waals surface area contributed by atoms with Crippen LogP contribution in [-0.2, 0) is 11.8 Å². The van der Waals surface area contributed by atoms with Gasteiger partial charge in [0.2, 0.25) is 0 Å². The highest BCUT2D eigenvalue weighted by molar-refractivity contribution is 5.55. The lowest BCUT2D eigenvalue weighted by Gasteiger charge is -2.41. The van der Waals surface area contributed by atoms with Crippen LogP contribution in [-0.4, -0.2) is 0 Å². The molecule has 0 atom stereocenters. The van der Waals surface area contributed by atoms with Crippen LogP contribution in [0.3, 0.4) is 0 Å². The number of hydrogen-bond acceptors (Lipinski definition) is 0. The predicted molar refractivity (Wildman–Crippen MR) is 57.4 cm³/mol. The van der Waals surface area contributed by atoms with E-state index in [2.05, 4.69) is 40.7 Å². The van der Waals surface area contributed by atoms with Gasteiger partial charge in [-0.25, -0.2) is 0 Å². The minimum Gasteiger partial charge on any atom is -0.0558 e. The minimum atomic E-state index is 0.428. The van der Waals surface area contributed by atoms with Crippen LogP contribution >= 0.6 is 0 Å². The number of benzene rings is 1. The molecular weight excluding hydrogens is 156 g/mol. The first-order chi connectivity index (χ1) is 5.93. The van der Waals surface area contributed by atoms with Gasteiger partial charge in [0.25, 0.3) is 0 Å². The van der Waals surface area contributed by atoms with E-state index in [0.29, 0.717) is 5.41 Å².